The molecule has 2 rings (SSSR count). The summed E-state index contributed by atoms with van der Waals surface area (Å²) in [7, 11) is 0. The first kappa shape index (κ1) is 16.4. The molecule has 1 atom stereocenters. The molecule has 1 heterocycles. The number of hydrogen-bond acceptors (Lipinski definition) is 4. The Bertz CT molecular complexity index is 641. The highest BCUT2D eigenvalue weighted by Gasteiger charge is 2.11. The molecule has 1 aromatic carbocycles. The second kappa shape index (κ2) is 7.35. The van der Waals surface area contributed by atoms with Gasteiger partial charge in [0.25, 0.3) is 0 Å². The lowest BCUT2D eigenvalue weighted by atomic mass is 10.1. The maximum absolute atomic E-state index is 12.9. The molecular formula is C16H18FN3OS. The normalized spacial score (nSPS) is 12.0. The SMILES string of the molecule is Cc1cc(C)nc(SCC(=O)NC(C)c2ccc(F)cc2)n1. The van der Waals surface area contributed by atoms with Gasteiger partial charge < -0.3 is 5.32 Å². The molecule has 0 aliphatic rings. The van der Waals surface area contributed by atoms with Crippen LogP contribution in [-0.2, 0) is 4.79 Å². The second-order valence-corrected chi connectivity index (χ2v) is 6.01. The van der Waals surface area contributed by atoms with Crippen molar-refractivity contribution < 1.29 is 9.18 Å². The Hall–Kier alpha value is -1.95. The summed E-state index contributed by atoms with van der Waals surface area (Å²) < 4.78 is 12.9. The minimum atomic E-state index is -0.287. The van der Waals surface area contributed by atoms with Gasteiger partial charge in [0.1, 0.15) is 5.82 Å². The molecule has 0 saturated heterocycles. The van der Waals surface area contributed by atoms with E-state index in [9.17, 15) is 9.18 Å². The number of rotatable bonds is 5. The minimum Gasteiger partial charge on any atom is -0.349 e. The third-order valence-corrected chi connectivity index (χ3v) is 3.89. The Morgan fingerprint density at radius 2 is 1.82 bits per heavy atom. The molecule has 22 heavy (non-hydrogen) atoms. The van der Waals surface area contributed by atoms with Crippen LogP contribution in [0.2, 0.25) is 0 Å². The van der Waals surface area contributed by atoms with Gasteiger partial charge in [-0.05, 0) is 44.5 Å². The van der Waals surface area contributed by atoms with E-state index in [2.05, 4.69) is 15.3 Å². The number of halogens is 1. The highest BCUT2D eigenvalue weighted by atomic mass is 32.2. The van der Waals surface area contributed by atoms with E-state index < -0.39 is 0 Å². The van der Waals surface area contributed by atoms with E-state index in [0.717, 1.165) is 17.0 Å². The summed E-state index contributed by atoms with van der Waals surface area (Å²) in [5.41, 5.74) is 2.63. The Kier molecular flexibility index (Phi) is 5.49. The lowest BCUT2D eigenvalue weighted by Gasteiger charge is -2.14. The van der Waals surface area contributed by atoms with Crippen molar-refractivity contribution in [2.24, 2.45) is 0 Å². The van der Waals surface area contributed by atoms with Gasteiger partial charge in [0.05, 0.1) is 11.8 Å². The van der Waals surface area contributed by atoms with Crippen molar-refractivity contribution in [3.05, 3.63) is 53.1 Å². The number of benzene rings is 1. The molecule has 0 saturated carbocycles. The average molecular weight is 319 g/mol. The lowest BCUT2D eigenvalue weighted by molar-refractivity contribution is -0.119. The Morgan fingerprint density at radius 3 is 2.41 bits per heavy atom. The van der Waals surface area contributed by atoms with Crippen LogP contribution in [0, 0.1) is 19.7 Å². The van der Waals surface area contributed by atoms with Crippen molar-refractivity contribution in [1.82, 2.24) is 15.3 Å². The third-order valence-electron chi connectivity index (χ3n) is 3.04. The summed E-state index contributed by atoms with van der Waals surface area (Å²) in [6.45, 7) is 5.66. The van der Waals surface area contributed by atoms with Crippen LogP contribution in [0.25, 0.3) is 0 Å². The molecule has 6 heteroatoms. The maximum Gasteiger partial charge on any atom is 0.230 e. The smallest absolute Gasteiger partial charge is 0.230 e. The van der Waals surface area contributed by atoms with Crippen LogP contribution in [0.5, 0.6) is 0 Å². The molecule has 0 bridgehead atoms. The van der Waals surface area contributed by atoms with Crippen LogP contribution in [0.15, 0.2) is 35.5 Å². The number of thioether (sulfide) groups is 1. The van der Waals surface area contributed by atoms with E-state index in [1.807, 2.05) is 26.8 Å². The van der Waals surface area contributed by atoms with E-state index in [4.69, 9.17) is 0 Å². The van der Waals surface area contributed by atoms with E-state index in [0.29, 0.717) is 5.16 Å². The van der Waals surface area contributed by atoms with Crippen molar-refractivity contribution in [3.63, 3.8) is 0 Å². The van der Waals surface area contributed by atoms with Gasteiger partial charge in [-0.1, -0.05) is 23.9 Å². The number of amides is 1. The van der Waals surface area contributed by atoms with E-state index in [-0.39, 0.29) is 23.5 Å². The fraction of sp³-hybridized carbons (Fsp3) is 0.312. The van der Waals surface area contributed by atoms with E-state index >= 15 is 0 Å². The van der Waals surface area contributed by atoms with Gasteiger partial charge in [0, 0.05) is 11.4 Å². The largest absolute Gasteiger partial charge is 0.349 e. The molecule has 0 spiro atoms. The second-order valence-electron chi connectivity index (χ2n) is 5.06. The minimum absolute atomic E-state index is 0.107. The van der Waals surface area contributed by atoms with Gasteiger partial charge in [-0.3, -0.25) is 4.79 Å². The zero-order valence-electron chi connectivity index (χ0n) is 12.8. The number of carbonyl (C=O) groups excluding carboxylic acids is 1. The number of aromatic nitrogens is 2. The van der Waals surface area contributed by atoms with Crippen molar-refractivity contribution in [1.29, 1.82) is 0 Å². The molecule has 1 aromatic heterocycles. The fourth-order valence-electron chi connectivity index (χ4n) is 2.01. The molecule has 0 aliphatic heterocycles. The van der Waals surface area contributed by atoms with Crippen LogP contribution in [-0.4, -0.2) is 21.6 Å². The Morgan fingerprint density at radius 1 is 1.23 bits per heavy atom. The zero-order valence-corrected chi connectivity index (χ0v) is 13.6. The molecule has 1 N–H and O–H groups in total. The Labute approximate surface area is 133 Å². The summed E-state index contributed by atoms with van der Waals surface area (Å²) in [6, 6.07) is 7.82. The van der Waals surface area contributed by atoms with Crippen LogP contribution < -0.4 is 5.32 Å². The molecule has 4 nitrogen and oxygen atoms in total. The quantitative estimate of drug-likeness (QED) is 0.679. The zero-order chi connectivity index (χ0) is 16.1. The standard InChI is InChI=1S/C16H18FN3OS/c1-10-8-11(2)19-16(18-10)22-9-15(21)20-12(3)13-4-6-14(17)7-5-13/h4-8,12H,9H2,1-3H3,(H,20,21). The molecule has 0 aliphatic carbocycles. The fourth-order valence-corrected chi connectivity index (χ4v) is 2.77. The number of hydrogen-bond donors (Lipinski definition) is 1. The molecule has 116 valence electrons. The molecule has 0 radical (unpaired) electrons. The van der Waals surface area contributed by atoms with Gasteiger partial charge in [0.2, 0.25) is 5.91 Å². The molecule has 2 aromatic rings. The van der Waals surface area contributed by atoms with Crippen molar-refractivity contribution in [3.8, 4) is 0 Å². The third kappa shape index (κ3) is 4.80. The lowest BCUT2D eigenvalue weighted by Crippen LogP contribution is -2.28. The van der Waals surface area contributed by atoms with E-state index in [1.54, 1.807) is 12.1 Å². The number of nitrogens with one attached hydrogen (secondary N) is 1. The average Bonchev–Trinajstić information content (AvgIpc) is 2.45. The first-order valence-electron chi connectivity index (χ1n) is 6.94. The molecule has 1 amide bonds. The number of carbonyl (C=O) groups is 1. The topological polar surface area (TPSA) is 54.9 Å². The van der Waals surface area contributed by atoms with Gasteiger partial charge in [-0.25, -0.2) is 14.4 Å². The van der Waals surface area contributed by atoms with Crippen molar-refractivity contribution in [2.45, 2.75) is 32.0 Å². The maximum atomic E-state index is 12.9. The van der Waals surface area contributed by atoms with Gasteiger partial charge >= 0.3 is 0 Å². The van der Waals surface area contributed by atoms with Crippen LogP contribution in [0.1, 0.15) is 29.9 Å². The Balaban J connectivity index is 1.88. The summed E-state index contributed by atoms with van der Waals surface area (Å²) in [4.78, 5) is 20.5. The van der Waals surface area contributed by atoms with Gasteiger partial charge in [-0.2, -0.15) is 0 Å². The first-order valence-corrected chi connectivity index (χ1v) is 7.92. The summed E-state index contributed by atoms with van der Waals surface area (Å²) in [5.74, 6) is -0.150. The van der Waals surface area contributed by atoms with Gasteiger partial charge in [0.15, 0.2) is 5.16 Å². The molecular weight excluding hydrogens is 301 g/mol. The van der Waals surface area contributed by atoms with Gasteiger partial charge in [-0.15, -0.1) is 0 Å². The summed E-state index contributed by atoms with van der Waals surface area (Å²) in [5, 5.41) is 3.48. The predicted octanol–water partition coefficient (Wildman–Crippen LogP) is 3.20. The highest BCUT2D eigenvalue weighted by molar-refractivity contribution is 7.99. The van der Waals surface area contributed by atoms with Crippen molar-refractivity contribution >= 4 is 17.7 Å². The van der Waals surface area contributed by atoms with E-state index in [1.165, 1.54) is 23.9 Å². The molecule has 1 unspecified atom stereocenters. The van der Waals surface area contributed by atoms with Crippen LogP contribution in [0.3, 0.4) is 0 Å². The van der Waals surface area contributed by atoms with Crippen LogP contribution >= 0.6 is 11.8 Å². The van der Waals surface area contributed by atoms with Crippen molar-refractivity contribution in [2.75, 3.05) is 5.75 Å². The number of aryl methyl sites for hydroxylation is 2. The number of nitrogens with zero attached hydrogens (tertiary/aromatic N) is 2. The first-order chi connectivity index (χ1) is 10.4. The highest BCUT2D eigenvalue weighted by Crippen LogP contribution is 2.16. The van der Waals surface area contributed by atoms with Crippen LogP contribution in [0.4, 0.5) is 4.39 Å². The summed E-state index contributed by atoms with van der Waals surface area (Å²) in [6.07, 6.45) is 0. The summed E-state index contributed by atoms with van der Waals surface area (Å²) >= 11 is 1.30. The molecule has 0 fully saturated rings. The monoisotopic (exact) mass is 319 g/mol. The predicted molar refractivity (Wildman–Crippen MR) is 85.2 cm³/mol.